The number of anilines is 3. The van der Waals surface area contributed by atoms with E-state index in [0.29, 0.717) is 77.4 Å². The topological polar surface area (TPSA) is 256 Å². The van der Waals surface area contributed by atoms with Gasteiger partial charge < -0.3 is 30.5 Å². The van der Waals surface area contributed by atoms with Crippen LogP contribution in [0.3, 0.4) is 0 Å². The highest BCUT2D eigenvalue weighted by Gasteiger charge is 2.43. The van der Waals surface area contributed by atoms with Gasteiger partial charge in [-0.1, -0.05) is 42.5 Å². The van der Waals surface area contributed by atoms with E-state index >= 15 is 0 Å². The highest BCUT2D eigenvalue weighted by Crippen LogP contribution is 2.45. The van der Waals surface area contributed by atoms with E-state index in [1.165, 1.54) is 9.21 Å². The average Bonchev–Trinajstić information content (AvgIpc) is 3.83. The number of carboxylic acids is 2. The molecule has 2 unspecified atom stereocenters. The molecule has 0 saturated carbocycles. The number of nitrogens with zero attached hydrogens (tertiary/aromatic N) is 4. The summed E-state index contributed by atoms with van der Waals surface area (Å²) in [6.45, 7) is 4.10. The van der Waals surface area contributed by atoms with Crippen LogP contribution in [0.2, 0.25) is 0 Å². The lowest BCUT2D eigenvalue weighted by Gasteiger charge is -2.45. The summed E-state index contributed by atoms with van der Waals surface area (Å²) in [5.74, 6) is -4.24. The lowest BCUT2D eigenvalue weighted by Crippen LogP contribution is -2.55. The molecule has 1 aromatic heterocycles. The van der Waals surface area contributed by atoms with E-state index in [4.69, 9.17) is 9.84 Å². The second-order valence-corrected chi connectivity index (χ2v) is 21.5. The summed E-state index contributed by atoms with van der Waals surface area (Å²) < 4.78 is 34.9. The number of likely N-dealkylation sites (tertiary alicyclic amines) is 1. The molecule has 5 heterocycles. The smallest absolute Gasteiger partial charge is 0.349 e. The van der Waals surface area contributed by atoms with Crippen LogP contribution in [0.15, 0.2) is 78.9 Å². The van der Waals surface area contributed by atoms with Gasteiger partial charge in [-0.2, -0.15) is 9.57 Å². The van der Waals surface area contributed by atoms with Crippen molar-refractivity contribution in [2.45, 2.75) is 81.7 Å². The Bertz CT molecular complexity index is 3160. The van der Waals surface area contributed by atoms with Gasteiger partial charge in [0.2, 0.25) is 21.8 Å². The molecule has 9 rings (SSSR count). The first-order valence-corrected chi connectivity index (χ1v) is 25.2. The molecule has 2 atom stereocenters. The third kappa shape index (κ3) is 9.26. The van der Waals surface area contributed by atoms with Crippen LogP contribution >= 0.6 is 11.3 Å². The predicted molar refractivity (Wildman–Crippen MR) is 261 cm³/mol. The molecule has 3 fully saturated rings. The van der Waals surface area contributed by atoms with Crippen molar-refractivity contribution in [1.29, 1.82) is 5.26 Å². The summed E-state index contributed by atoms with van der Waals surface area (Å²) in [5, 5.41) is 39.3. The van der Waals surface area contributed by atoms with Crippen LogP contribution < -0.4 is 25.6 Å². The van der Waals surface area contributed by atoms with E-state index in [2.05, 4.69) is 16.0 Å². The summed E-state index contributed by atoms with van der Waals surface area (Å²) in [5.41, 5.74) is 3.53. The first-order chi connectivity index (χ1) is 33.4. The summed E-state index contributed by atoms with van der Waals surface area (Å²) >= 11 is 0.811. The van der Waals surface area contributed by atoms with Crippen molar-refractivity contribution in [1.82, 2.24) is 14.5 Å². The molecule has 4 aliphatic rings. The molecule has 3 saturated heterocycles. The first kappa shape index (κ1) is 47.7. The summed E-state index contributed by atoms with van der Waals surface area (Å²) in [6, 6.07) is 24.1. The van der Waals surface area contributed by atoms with Crippen LogP contribution in [0.4, 0.5) is 21.9 Å². The Kier molecular flexibility index (Phi) is 12.9. The van der Waals surface area contributed by atoms with Crippen LogP contribution in [0.25, 0.3) is 21.2 Å². The van der Waals surface area contributed by atoms with Gasteiger partial charge in [-0.05, 0) is 110 Å². The Morgan fingerprint density at radius 1 is 0.929 bits per heavy atom. The van der Waals surface area contributed by atoms with Crippen LogP contribution in [0.1, 0.15) is 95.0 Å². The average molecular weight is 988 g/mol. The number of ether oxygens (including phenoxy) is 1. The molecule has 0 aliphatic carbocycles. The lowest BCUT2D eigenvalue weighted by molar-refractivity contribution is -0.139. The number of nitriles is 1. The number of carbonyl (C=O) groups is 6. The number of amides is 5. The van der Waals surface area contributed by atoms with Crippen molar-refractivity contribution in [3.63, 3.8) is 0 Å². The summed E-state index contributed by atoms with van der Waals surface area (Å²) in [4.78, 5) is 78.3. The zero-order valence-electron chi connectivity index (χ0n) is 38.2. The standard InChI is InChI=1S/C50H49N7O11S2/c1-50(2)24-33(52-32-9-4-7-30(23-32)44-37(25-51)43(68-26-41(59)60)45(69-44)48(63)64)18-21-56(50)70(66,67)27-28-6-3-8-31(22-28)53-49(65)55-19-16-29(17-20-55)34-12-13-38-42-35(34)10-5-11-36(42)47(62)57(38)39-14-15-40(58)54-46(39)61/h3-13,22-23,29,33,39,52H,14-21,24,26-27H2,1-2H3,(H,53,65)(H,59,60)(H,63,64)(H,54,58,61). The first-order valence-electron chi connectivity index (χ1n) is 22.8. The van der Waals surface area contributed by atoms with E-state index in [0.717, 1.165) is 27.7 Å². The lowest BCUT2D eigenvalue weighted by atomic mass is 9.85. The van der Waals surface area contributed by atoms with E-state index in [-0.39, 0.29) is 71.1 Å². The number of thiophene rings is 1. The Morgan fingerprint density at radius 2 is 1.67 bits per heavy atom. The third-order valence-electron chi connectivity index (χ3n) is 13.5. The van der Waals surface area contributed by atoms with Crippen molar-refractivity contribution >= 4 is 84.9 Å². The number of sulfonamides is 1. The highest BCUT2D eigenvalue weighted by atomic mass is 32.2. The van der Waals surface area contributed by atoms with Crippen molar-refractivity contribution in [3.05, 3.63) is 106 Å². The molecule has 70 heavy (non-hydrogen) atoms. The fourth-order valence-corrected chi connectivity index (χ4v) is 13.4. The monoisotopic (exact) mass is 987 g/mol. The second kappa shape index (κ2) is 18.9. The van der Waals surface area contributed by atoms with Gasteiger partial charge in [-0.3, -0.25) is 24.6 Å². The number of hydrogen-bond donors (Lipinski definition) is 5. The molecule has 20 heteroatoms. The largest absolute Gasteiger partial charge is 0.479 e. The molecule has 0 radical (unpaired) electrons. The number of nitrogens with one attached hydrogen (secondary N) is 3. The van der Waals surface area contributed by atoms with Gasteiger partial charge in [-0.15, -0.1) is 11.3 Å². The maximum Gasteiger partial charge on any atom is 0.349 e. The Labute approximate surface area is 406 Å². The Balaban J connectivity index is 0.807. The van der Waals surface area contributed by atoms with Gasteiger partial charge in [0.15, 0.2) is 17.2 Å². The minimum absolute atomic E-state index is 0.0821. The number of carbonyl (C=O) groups excluding carboxylic acids is 4. The number of hydrogen-bond acceptors (Lipinski definition) is 12. The summed E-state index contributed by atoms with van der Waals surface area (Å²) in [6.07, 6.45) is 2.68. The van der Waals surface area contributed by atoms with Crippen molar-refractivity contribution < 1.29 is 52.1 Å². The van der Waals surface area contributed by atoms with Crippen LogP contribution in [-0.4, -0.2) is 107 Å². The highest BCUT2D eigenvalue weighted by molar-refractivity contribution is 7.88. The molecule has 0 bridgehead atoms. The quantitative estimate of drug-likeness (QED) is 0.0749. The molecule has 4 aliphatic heterocycles. The molecule has 5 aromatic rings. The number of carboxylic acid groups (broad SMARTS) is 2. The number of aromatic carboxylic acids is 1. The number of imide groups is 1. The van der Waals surface area contributed by atoms with Crippen molar-refractivity contribution in [2.24, 2.45) is 0 Å². The van der Waals surface area contributed by atoms with E-state index < -0.39 is 46.1 Å². The predicted octanol–water partition coefficient (Wildman–Crippen LogP) is 6.96. The van der Waals surface area contributed by atoms with Gasteiger partial charge >= 0.3 is 18.0 Å². The molecule has 5 N–H and O–H groups in total. The van der Waals surface area contributed by atoms with Crippen LogP contribution in [0.5, 0.6) is 5.75 Å². The van der Waals surface area contributed by atoms with Crippen LogP contribution in [-0.2, 0) is 30.2 Å². The normalized spacial score (nSPS) is 19.4. The zero-order valence-corrected chi connectivity index (χ0v) is 39.8. The fraction of sp³-hybridized carbons (Fsp3) is 0.340. The number of urea groups is 1. The summed E-state index contributed by atoms with van der Waals surface area (Å²) in [7, 11) is -3.84. The number of benzene rings is 4. The van der Waals surface area contributed by atoms with Crippen molar-refractivity contribution in [2.75, 3.05) is 41.8 Å². The van der Waals surface area contributed by atoms with Crippen molar-refractivity contribution in [3.8, 4) is 22.3 Å². The number of piperidine rings is 3. The maximum absolute atomic E-state index is 14.1. The van der Waals surface area contributed by atoms with E-state index in [9.17, 15) is 47.6 Å². The SMILES string of the molecule is CC1(C)CC(Nc2cccc(-c3sc(C(=O)O)c(OCC(=O)O)c3C#N)c2)CCN1S(=O)(=O)Cc1cccc(NC(=O)N2CCC(c3ccc4c5c(cccc35)C(=O)N4C3CCC(=O)NC3=O)CC2)c1. The van der Waals surface area contributed by atoms with Crippen LogP contribution in [0, 0.1) is 11.3 Å². The molecular weight excluding hydrogens is 939 g/mol. The Morgan fingerprint density at radius 3 is 2.39 bits per heavy atom. The maximum atomic E-state index is 14.1. The van der Waals surface area contributed by atoms with Gasteiger partial charge in [0.1, 0.15) is 17.7 Å². The van der Waals surface area contributed by atoms with Gasteiger partial charge in [-0.25, -0.2) is 22.8 Å². The minimum atomic E-state index is -3.84. The third-order valence-corrected chi connectivity index (χ3v) is 16.7. The van der Waals surface area contributed by atoms with E-state index in [1.807, 2.05) is 50.2 Å². The number of rotatable bonds is 13. The molecule has 4 aromatic carbocycles. The molecular formula is C50H49N7O11S2. The van der Waals surface area contributed by atoms with Gasteiger partial charge in [0.05, 0.1) is 16.3 Å². The molecule has 362 valence electrons. The molecule has 0 spiro atoms. The zero-order chi connectivity index (χ0) is 49.6. The Hall–Kier alpha value is -7.34. The minimum Gasteiger partial charge on any atom is -0.479 e. The van der Waals surface area contributed by atoms with Gasteiger partial charge in [0.25, 0.3) is 5.91 Å². The fourth-order valence-electron chi connectivity index (χ4n) is 10.4. The second-order valence-electron chi connectivity index (χ2n) is 18.6. The molecule has 18 nitrogen and oxygen atoms in total. The molecule has 5 amide bonds. The number of aliphatic carboxylic acids is 1. The van der Waals surface area contributed by atoms with E-state index in [1.54, 1.807) is 53.4 Å². The van der Waals surface area contributed by atoms with Gasteiger partial charge in [0, 0.05) is 60.0 Å².